The van der Waals surface area contributed by atoms with Crippen LogP contribution >= 0.6 is 15.9 Å². The van der Waals surface area contributed by atoms with Crippen LogP contribution in [0.5, 0.6) is 5.75 Å². The van der Waals surface area contributed by atoms with Crippen LogP contribution in [0.25, 0.3) is 11.1 Å². The molecule has 136 valence electrons. The molecular weight excluding hydrogens is 398 g/mol. The van der Waals surface area contributed by atoms with E-state index in [1.54, 1.807) is 6.07 Å². The molecule has 1 heterocycles. The summed E-state index contributed by atoms with van der Waals surface area (Å²) in [6.07, 6.45) is 0.934. The van der Waals surface area contributed by atoms with Crippen LogP contribution in [0, 0.1) is 0 Å². The number of hydrogen-bond donors (Lipinski definition) is 1. The predicted molar refractivity (Wildman–Crippen MR) is 102 cm³/mol. The summed E-state index contributed by atoms with van der Waals surface area (Å²) < 4.78 is 11.8. The fourth-order valence-electron chi connectivity index (χ4n) is 2.79. The number of carbonyl (C=O) groups excluding carboxylic acids is 2. The maximum atomic E-state index is 12.3. The molecule has 0 radical (unpaired) electrons. The number of Topliss-reactive ketones (excluding diaryl/α,β-unsaturated/α-hetero) is 1. The minimum absolute atomic E-state index is 0.117. The van der Waals surface area contributed by atoms with Gasteiger partial charge in [0.05, 0.1) is 6.54 Å². The van der Waals surface area contributed by atoms with Gasteiger partial charge in [-0.25, -0.2) is 0 Å². The van der Waals surface area contributed by atoms with Gasteiger partial charge in [0.25, 0.3) is 0 Å². The Labute approximate surface area is 160 Å². The van der Waals surface area contributed by atoms with Gasteiger partial charge < -0.3 is 14.8 Å². The Morgan fingerprint density at radius 3 is 2.81 bits per heavy atom. The summed E-state index contributed by atoms with van der Waals surface area (Å²) in [6, 6.07) is 11.4. The molecule has 0 aromatic heterocycles. The van der Waals surface area contributed by atoms with Gasteiger partial charge in [-0.2, -0.15) is 0 Å². The number of esters is 1. The molecule has 2 aromatic carbocycles. The molecule has 6 heteroatoms. The third-order valence-corrected chi connectivity index (χ3v) is 4.60. The van der Waals surface area contributed by atoms with Gasteiger partial charge in [0.2, 0.25) is 0 Å². The number of fused-ring (bicyclic) bond motifs is 3. The van der Waals surface area contributed by atoms with Crippen LogP contribution in [0.15, 0.2) is 40.9 Å². The van der Waals surface area contributed by atoms with E-state index in [1.165, 1.54) is 0 Å². The first kappa shape index (κ1) is 18.6. The molecule has 2 aromatic rings. The molecule has 1 aliphatic rings. The Hall–Kier alpha value is -2.18. The monoisotopic (exact) mass is 417 g/mol. The molecule has 0 bridgehead atoms. The van der Waals surface area contributed by atoms with Crippen LogP contribution in [0.3, 0.4) is 0 Å². The van der Waals surface area contributed by atoms with Crippen molar-refractivity contribution < 1.29 is 19.1 Å². The van der Waals surface area contributed by atoms with Gasteiger partial charge in [-0.15, -0.1) is 0 Å². The highest BCUT2D eigenvalue weighted by molar-refractivity contribution is 9.10. The lowest BCUT2D eigenvalue weighted by atomic mass is 9.94. The summed E-state index contributed by atoms with van der Waals surface area (Å²) >= 11 is 3.44. The molecule has 0 amide bonds. The number of rotatable bonds is 7. The average molecular weight is 418 g/mol. The number of halogens is 1. The summed E-state index contributed by atoms with van der Waals surface area (Å²) in [5.74, 6) is 0.172. The third kappa shape index (κ3) is 4.31. The molecule has 0 unspecified atom stereocenters. The van der Waals surface area contributed by atoms with Crippen molar-refractivity contribution in [3.05, 3.63) is 52.0 Å². The summed E-state index contributed by atoms with van der Waals surface area (Å²) in [4.78, 5) is 23.9. The molecule has 0 aliphatic carbocycles. The Bertz CT molecular complexity index is 835. The van der Waals surface area contributed by atoms with Crippen LogP contribution in [-0.4, -0.2) is 31.4 Å². The van der Waals surface area contributed by atoms with E-state index in [-0.39, 0.29) is 18.9 Å². The van der Waals surface area contributed by atoms with Crippen molar-refractivity contribution in [2.75, 3.05) is 19.7 Å². The topological polar surface area (TPSA) is 64.6 Å². The van der Waals surface area contributed by atoms with E-state index in [9.17, 15) is 9.59 Å². The first-order chi connectivity index (χ1) is 12.6. The second kappa shape index (κ2) is 8.47. The van der Waals surface area contributed by atoms with Gasteiger partial charge in [-0.05, 0) is 48.4 Å². The van der Waals surface area contributed by atoms with E-state index in [2.05, 4.69) is 21.2 Å². The number of nitrogens with one attached hydrogen (secondary N) is 1. The highest BCUT2D eigenvalue weighted by Crippen LogP contribution is 2.39. The second-order valence-electron chi connectivity index (χ2n) is 6.06. The lowest BCUT2D eigenvalue weighted by Crippen LogP contribution is -2.27. The van der Waals surface area contributed by atoms with E-state index in [0.29, 0.717) is 12.2 Å². The van der Waals surface area contributed by atoms with Gasteiger partial charge in [0, 0.05) is 15.6 Å². The van der Waals surface area contributed by atoms with E-state index in [4.69, 9.17) is 9.47 Å². The fourth-order valence-corrected chi connectivity index (χ4v) is 3.13. The predicted octanol–water partition coefficient (Wildman–Crippen LogP) is 3.73. The normalized spacial score (nSPS) is 11.9. The van der Waals surface area contributed by atoms with E-state index >= 15 is 0 Å². The van der Waals surface area contributed by atoms with Crippen LogP contribution in [0.4, 0.5) is 0 Å². The zero-order valence-electron chi connectivity index (χ0n) is 14.5. The van der Waals surface area contributed by atoms with Crippen molar-refractivity contribution >= 4 is 27.7 Å². The summed E-state index contributed by atoms with van der Waals surface area (Å²) in [6.45, 7) is 3.02. The minimum atomic E-state index is -0.424. The summed E-state index contributed by atoms with van der Waals surface area (Å²) in [5, 5.41) is 2.95. The van der Waals surface area contributed by atoms with Gasteiger partial charge in [0.1, 0.15) is 12.4 Å². The molecule has 0 spiro atoms. The first-order valence-electron chi connectivity index (χ1n) is 8.53. The molecule has 0 saturated carbocycles. The number of ether oxygens (including phenoxy) is 2. The zero-order valence-corrected chi connectivity index (χ0v) is 16.1. The van der Waals surface area contributed by atoms with Crippen LogP contribution in [0.2, 0.25) is 0 Å². The summed E-state index contributed by atoms with van der Waals surface area (Å²) in [7, 11) is 0. The maximum Gasteiger partial charge on any atom is 0.320 e. The van der Waals surface area contributed by atoms with Crippen molar-refractivity contribution in [1.29, 1.82) is 0 Å². The fraction of sp³-hybridized carbons (Fsp3) is 0.300. The molecule has 0 atom stereocenters. The van der Waals surface area contributed by atoms with Crippen molar-refractivity contribution in [2.24, 2.45) is 0 Å². The highest BCUT2D eigenvalue weighted by atomic mass is 79.9. The minimum Gasteiger partial charge on any atom is -0.488 e. The number of carbonyl (C=O) groups is 2. The molecule has 1 aliphatic heterocycles. The van der Waals surface area contributed by atoms with Gasteiger partial charge in [0.15, 0.2) is 12.4 Å². The van der Waals surface area contributed by atoms with E-state index in [1.807, 2.05) is 37.3 Å². The zero-order chi connectivity index (χ0) is 18.5. The van der Waals surface area contributed by atoms with Crippen molar-refractivity contribution in [1.82, 2.24) is 5.32 Å². The Morgan fingerprint density at radius 2 is 2.00 bits per heavy atom. The molecule has 0 fully saturated rings. The van der Waals surface area contributed by atoms with Gasteiger partial charge in [-0.3, -0.25) is 9.59 Å². The van der Waals surface area contributed by atoms with Crippen molar-refractivity contribution in [2.45, 2.75) is 20.0 Å². The van der Waals surface area contributed by atoms with Crippen molar-refractivity contribution in [3.63, 3.8) is 0 Å². The first-order valence-corrected chi connectivity index (χ1v) is 9.33. The van der Waals surface area contributed by atoms with Crippen LogP contribution in [-0.2, 0) is 16.1 Å². The van der Waals surface area contributed by atoms with E-state index < -0.39 is 5.97 Å². The van der Waals surface area contributed by atoms with Crippen LogP contribution in [0.1, 0.15) is 29.3 Å². The average Bonchev–Trinajstić information content (AvgIpc) is 2.65. The standard InChI is InChI=1S/C20H20BrNO4/c1-2-7-22-10-20(24)26-12-18(23)13-3-5-16-14(8-13)11-25-19-9-15(21)4-6-17(16)19/h3-6,8-9,22H,2,7,10-12H2,1H3. The molecule has 0 saturated heterocycles. The summed E-state index contributed by atoms with van der Waals surface area (Å²) in [5.41, 5.74) is 3.52. The largest absolute Gasteiger partial charge is 0.488 e. The smallest absolute Gasteiger partial charge is 0.320 e. The van der Waals surface area contributed by atoms with Gasteiger partial charge >= 0.3 is 5.97 Å². The molecule has 5 nitrogen and oxygen atoms in total. The van der Waals surface area contributed by atoms with Crippen molar-refractivity contribution in [3.8, 4) is 16.9 Å². The number of ketones is 1. The van der Waals surface area contributed by atoms with Crippen LogP contribution < -0.4 is 10.1 Å². The van der Waals surface area contributed by atoms with E-state index in [0.717, 1.165) is 39.9 Å². The van der Waals surface area contributed by atoms with Gasteiger partial charge in [-0.1, -0.05) is 35.0 Å². The molecule has 26 heavy (non-hydrogen) atoms. The Kier molecular flexibility index (Phi) is 6.06. The lowest BCUT2D eigenvalue weighted by molar-refractivity contribution is -0.141. The highest BCUT2D eigenvalue weighted by Gasteiger charge is 2.19. The molecule has 1 N–H and O–H groups in total. The Balaban J connectivity index is 1.67. The SMILES string of the molecule is CCCNCC(=O)OCC(=O)c1ccc2c(c1)COc1cc(Br)ccc1-2. The third-order valence-electron chi connectivity index (χ3n) is 4.10. The molecular formula is C20H20BrNO4. The maximum absolute atomic E-state index is 12.3. The number of benzene rings is 2. The quantitative estimate of drug-likeness (QED) is 0.422. The number of hydrogen-bond acceptors (Lipinski definition) is 5. The Morgan fingerprint density at radius 1 is 1.19 bits per heavy atom. The second-order valence-corrected chi connectivity index (χ2v) is 6.98. The lowest BCUT2D eigenvalue weighted by Gasteiger charge is -2.21. The molecule has 3 rings (SSSR count).